The van der Waals surface area contributed by atoms with Crippen molar-refractivity contribution in [3.63, 3.8) is 0 Å². The van der Waals surface area contributed by atoms with Crippen LogP contribution in [0.2, 0.25) is 0 Å². The Labute approximate surface area is 115 Å². The molecule has 3 nitrogen and oxygen atoms in total. The topological polar surface area (TPSA) is 27.7 Å². The van der Waals surface area contributed by atoms with Crippen molar-refractivity contribution < 1.29 is 13.3 Å². The summed E-state index contributed by atoms with van der Waals surface area (Å²) in [6.07, 6.45) is 0. The minimum Gasteiger partial charge on any atom is -0.376 e. The molecule has 4 heteroatoms. The number of hydrogen-bond donors (Lipinski definition) is 0. The lowest BCUT2D eigenvalue weighted by Gasteiger charge is -2.52. The smallest absolute Gasteiger partial charge is 0.376 e. The molecule has 0 spiro atoms. The molecule has 110 valence electrons. The first kappa shape index (κ1) is 18.1. The van der Waals surface area contributed by atoms with Gasteiger partial charge in [-0.2, -0.15) is 0 Å². The Morgan fingerprint density at radius 1 is 0.722 bits per heavy atom. The molecule has 0 heterocycles. The SMILES string of the molecule is CCO[SiH](OCC)OC(C)(C(C)(C)C)C(C)(C)C. The highest BCUT2D eigenvalue weighted by Crippen LogP contribution is 2.46. The fourth-order valence-corrected chi connectivity index (χ4v) is 3.93. The van der Waals surface area contributed by atoms with Gasteiger partial charge in [-0.3, -0.25) is 0 Å². The summed E-state index contributed by atoms with van der Waals surface area (Å²) in [7, 11) is -2.06. The minimum absolute atomic E-state index is 0.0186. The van der Waals surface area contributed by atoms with Crippen LogP contribution in [0.25, 0.3) is 0 Å². The summed E-state index contributed by atoms with van der Waals surface area (Å²) in [4.78, 5) is 0. The predicted octanol–water partition coefficient (Wildman–Crippen LogP) is 3.64. The zero-order chi connectivity index (χ0) is 14.6. The van der Waals surface area contributed by atoms with E-state index in [0.29, 0.717) is 13.2 Å². The maximum atomic E-state index is 6.34. The minimum atomic E-state index is -2.06. The summed E-state index contributed by atoms with van der Waals surface area (Å²) in [6.45, 7) is 20.7. The molecule has 0 aromatic rings. The third kappa shape index (κ3) is 4.33. The lowest BCUT2D eigenvalue weighted by atomic mass is 9.64. The Balaban J connectivity index is 5.11. The number of hydrogen-bond acceptors (Lipinski definition) is 3. The third-order valence-electron chi connectivity index (χ3n) is 3.80. The molecule has 0 N–H and O–H groups in total. The Hall–Kier alpha value is 0.0969. The van der Waals surface area contributed by atoms with E-state index in [1.807, 2.05) is 13.8 Å². The molecule has 0 bridgehead atoms. The molecule has 0 saturated heterocycles. The molecule has 0 unspecified atom stereocenters. The van der Waals surface area contributed by atoms with E-state index in [9.17, 15) is 0 Å². The Kier molecular flexibility index (Phi) is 6.54. The highest BCUT2D eigenvalue weighted by molar-refractivity contribution is 6.36. The molecule has 0 fully saturated rings. The van der Waals surface area contributed by atoms with E-state index in [-0.39, 0.29) is 16.4 Å². The van der Waals surface area contributed by atoms with Crippen molar-refractivity contribution >= 4 is 9.53 Å². The van der Waals surface area contributed by atoms with Crippen LogP contribution in [0.5, 0.6) is 0 Å². The lowest BCUT2D eigenvalue weighted by molar-refractivity contribution is -0.130. The summed E-state index contributed by atoms with van der Waals surface area (Å²) in [5, 5.41) is 0. The van der Waals surface area contributed by atoms with Gasteiger partial charge in [-0.15, -0.1) is 0 Å². The lowest BCUT2D eigenvalue weighted by Crippen LogP contribution is -2.56. The van der Waals surface area contributed by atoms with Crippen LogP contribution in [0.15, 0.2) is 0 Å². The van der Waals surface area contributed by atoms with Crippen LogP contribution in [0, 0.1) is 10.8 Å². The van der Waals surface area contributed by atoms with Crippen LogP contribution < -0.4 is 0 Å². The molecule has 0 aromatic carbocycles. The van der Waals surface area contributed by atoms with Crippen LogP contribution in [0.3, 0.4) is 0 Å². The Morgan fingerprint density at radius 2 is 1.06 bits per heavy atom. The molecular formula is C14H32O3Si. The van der Waals surface area contributed by atoms with E-state index < -0.39 is 9.53 Å². The average Bonchev–Trinajstić information content (AvgIpc) is 2.14. The predicted molar refractivity (Wildman–Crippen MR) is 78.8 cm³/mol. The van der Waals surface area contributed by atoms with Crippen molar-refractivity contribution in [2.75, 3.05) is 13.2 Å². The second-order valence-corrected chi connectivity index (χ2v) is 8.33. The molecule has 0 aliphatic rings. The Morgan fingerprint density at radius 3 is 1.28 bits per heavy atom. The Bertz CT molecular complexity index is 220. The first-order valence-electron chi connectivity index (χ1n) is 6.90. The van der Waals surface area contributed by atoms with Gasteiger partial charge in [-0.25, -0.2) is 0 Å². The molecule has 0 rings (SSSR count). The number of rotatable bonds is 6. The van der Waals surface area contributed by atoms with Crippen LogP contribution in [-0.2, 0) is 13.3 Å². The molecule has 0 radical (unpaired) electrons. The molecule has 0 atom stereocenters. The molecule has 0 amide bonds. The highest BCUT2D eigenvalue weighted by Gasteiger charge is 2.49. The van der Waals surface area contributed by atoms with Crippen LogP contribution >= 0.6 is 0 Å². The van der Waals surface area contributed by atoms with Gasteiger partial charge in [0, 0.05) is 13.2 Å². The van der Waals surface area contributed by atoms with Gasteiger partial charge in [0.15, 0.2) is 0 Å². The first-order valence-corrected chi connectivity index (χ1v) is 8.32. The highest BCUT2D eigenvalue weighted by atomic mass is 28.3. The molecule has 0 aromatic heterocycles. The van der Waals surface area contributed by atoms with Gasteiger partial charge in [-0.1, -0.05) is 41.5 Å². The van der Waals surface area contributed by atoms with Crippen LogP contribution in [0.1, 0.15) is 62.3 Å². The van der Waals surface area contributed by atoms with Gasteiger partial charge in [0.1, 0.15) is 0 Å². The molecular weight excluding hydrogens is 244 g/mol. The maximum absolute atomic E-state index is 6.34. The maximum Gasteiger partial charge on any atom is 0.484 e. The van der Waals surface area contributed by atoms with Gasteiger partial charge in [0.2, 0.25) is 0 Å². The van der Waals surface area contributed by atoms with Crippen molar-refractivity contribution in [3.05, 3.63) is 0 Å². The second-order valence-electron chi connectivity index (χ2n) is 6.85. The van der Waals surface area contributed by atoms with Gasteiger partial charge in [0.05, 0.1) is 5.60 Å². The van der Waals surface area contributed by atoms with Crippen molar-refractivity contribution in [1.29, 1.82) is 0 Å². The molecule has 18 heavy (non-hydrogen) atoms. The zero-order valence-electron chi connectivity index (χ0n) is 13.7. The van der Waals surface area contributed by atoms with Crippen LogP contribution in [0.4, 0.5) is 0 Å². The van der Waals surface area contributed by atoms with Crippen molar-refractivity contribution in [2.24, 2.45) is 10.8 Å². The second kappa shape index (κ2) is 6.50. The summed E-state index contributed by atoms with van der Waals surface area (Å²) in [5.74, 6) is 0. The summed E-state index contributed by atoms with van der Waals surface area (Å²) >= 11 is 0. The first-order chi connectivity index (χ1) is 7.99. The van der Waals surface area contributed by atoms with Gasteiger partial charge >= 0.3 is 9.53 Å². The zero-order valence-corrected chi connectivity index (χ0v) is 14.9. The molecule has 0 aliphatic carbocycles. The van der Waals surface area contributed by atoms with E-state index in [4.69, 9.17) is 13.3 Å². The largest absolute Gasteiger partial charge is 0.484 e. The third-order valence-corrected chi connectivity index (χ3v) is 5.67. The quantitative estimate of drug-likeness (QED) is 0.693. The molecule has 0 saturated carbocycles. The summed E-state index contributed by atoms with van der Waals surface area (Å²) < 4.78 is 17.7. The average molecular weight is 276 g/mol. The van der Waals surface area contributed by atoms with Crippen molar-refractivity contribution in [1.82, 2.24) is 0 Å². The molecule has 0 aliphatic heterocycles. The van der Waals surface area contributed by atoms with Gasteiger partial charge < -0.3 is 13.3 Å². The van der Waals surface area contributed by atoms with Crippen LogP contribution in [-0.4, -0.2) is 28.3 Å². The van der Waals surface area contributed by atoms with Gasteiger partial charge in [-0.05, 0) is 31.6 Å². The van der Waals surface area contributed by atoms with E-state index in [1.54, 1.807) is 0 Å². The monoisotopic (exact) mass is 276 g/mol. The standard InChI is InChI=1S/C14H32O3Si/c1-10-15-18(16-11-2)17-14(9,12(3,4)5)13(6,7)8/h18H,10-11H2,1-9H3. The van der Waals surface area contributed by atoms with Crippen molar-refractivity contribution in [3.8, 4) is 0 Å². The van der Waals surface area contributed by atoms with E-state index in [0.717, 1.165) is 0 Å². The van der Waals surface area contributed by atoms with E-state index >= 15 is 0 Å². The fourth-order valence-electron chi connectivity index (χ4n) is 2.06. The van der Waals surface area contributed by atoms with E-state index in [2.05, 4.69) is 48.5 Å². The normalized spacial score (nSPS) is 14.3. The van der Waals surface area contributed by atoms with Gasteiger partial charge in [0.25, 0.3) is 0 Å². The fraction of sp³-hybridized carbons (Fsp3) is 1.00. The summed E-state index contributed by atoms with van der Waals surface area (Å²) in [5.41, 5.74) is -0.253. The van der Waals surface area contributed by atoms with E-state index in [1.165, 1.54) is 0 Å². The van der Waals surface area contributed by atoms with Crippen molar-refractivity contribution in [2.45, 2.75) is 67.9 Å². The summed E-state index contributed by atoms with van der Waals surface area (Å²) in [6, 6.07) is 0.